The van der Waals surface area contributed by atoms with Crippen LogP contribution >= 0.6 is 0 Å². The second kappa shape index (κ2) is 7.32. The third kappa shape index (κ3) is 4.13. The molecule has 0 aliphatic carbocycles. The topological polar surface area (TPSA) is 67.5 Å². The van der Waals surface area contributed by atoms with Crippen LogP contribution in [0.2, 0.25) is 0 Å². The first-order chi connectivity index (χ1) is 11.7. The number of hydrogen-bond donors (Lipinski definition) is 1. The van der Waals surface area contributed by atoms with Gasteiger partial charge in [0.2, 0.25) is 0 Å². The zero-order chi connectivity index (χ0) is 16.8. The lowest BCUT2D eigenvalue weighted by atomic mass is 10.2. The second-order valence-electron chi connectivity index (χ2n) is 5.44. The molecule has 6 heteroatoms. The van der Waals surface area contributed by atoms with Crippen LogP contribution in [0.25, 0.3) is 0 Å². The van der Waals surface area contributed by atoms with E-state index in [4.69, 9.17) is 0 Å². The molecule has 0 aliphatic heterocycles. The summed E-state index contributed by atoms with van der Waals surface area (Å²) in [4.78, 5) is 0. The summed E-state index contributed by atoms with van der Waals surface area (Å²) in [7, 11) is 0. The van der Waals surface area contributed by atoms with Crippen molar-refractivity contribution in [3.8, 4) is 0 Å². The molecule has 0 aliphatic rings. The fraction of sp³-hybridized carbons (Fsp3) is 0.111. The maximum absolute atomic E-state index is 4.33. The van der Waals surface area contributed by atoms with Gasteiger partial charge in [0.15, 0.2) is 0 Å². The van der Waals surface area contributed by atoms with Gasteiger partial charge in [0.25, 0.3) is 5.95 Å². The van der Waals surface area contributed by atoms with Gasteiger partial charge in [-0.1, -0.05) is 59.7 Å². The highest BCUT2D eigenvalue weighted by Gasteiger charge is 2.00. The Morgan fingerprint density at radius 2 is 1.46 bits per heavy atom. The van der Waals surface area contributed by atoms with Gasteiger partial charge in [0.05, 0.1) is 12.4 Å². The Labute approximate surface area is 140 Å². The van der Waals surface area contributed by atoms with E-state index in [0.717, 1.165) is 11.1 Å². The van der Waals surface area contributed by atoms with Gasteiger partial charge in [-0.05, 0) is 25.0 Å². The summed E-state index contributed by atoms with van der Waals surface area (Å²) in [6.45, 7) is 4.10. The second-order valence-corrected chi connectivity index (χ2v) is 5.44. The first kappa shape index (κ1) is 15.6. The molecule has 0 amide bonds. The average molecular weight is 318 g/mol. The molecule has 3 rings (SSSR count). The highest BCUT2D eigenvalue weighted by atomic mass is 15.5. The Morgan fingerprint density at radius 3 is 2.08 bits per heavy atom. The van der Waals surface area contributed by atoms with Crippen molar-refractivity contribution in [2.45, 2.75) is 13.8 Å². The summed E-state index contributed by atoms with van der Waals surface area (Å²) < 4.78 is 1.53. The number of aromatic nitrogens is 3. The largest absolute Gasteiger partial charge is 0.265 e. The minimum Gasteiger partial charge on any atom is -0.244 e. The molecule has 0 fully saturated rings. The summed E-state index contributed by atoms with van der Waals surface area (Å²) in [5, 5.41) is 16.3. The van der Waals surface area contributed by atoms with Crippen molar-refractivity contribution in [1.29, 1.82) is 0 Å². The zero-order valence-corrected chi connectivity index (χ0v) is 13.6. The minimum atomic E-state index is 0.446. The average Bonchev–Trinajstić information content (AvgIpc) is 3.04. The van der Waals surface area contributed by atoms with Crippen molar-refractivity contribution in [2.75, 3.05) is 5.43 Å². The van der Waals surface area contributed by atoms with Crippen LogP contribution in [0, 0.1) is 13.8 Å². The van der Waals surface area contributed by atoms with E-state index in [1.807, 2.05) is 55.5 Å². The van der Waals surface area contributed by atoms with Crippen LogP contribution in [-0.2, 0) is 0 Å². The predicted molar refractivity (Wildman–Crippen MR) is 96.6 cm³/mol. The van der Waals surface area contributed by atoms with Crippen LogP contribution in [0.4, 0.5) is 5.95 Å². The Morgan fingerprint density at radius 1 is 0.875 bits per heavy atom. The van der Waals surface area contributed by atoms with Gasteiger partial charge in [-0.3, -0.25) is 0 Å². The first-order valence-electron chi connectivity index (χ1n) is 7.57. The van der Waals surface area contributed by atoms with E-state index in [0.29, 0.717) is 5.95 Å². The number of aryl methyl sites for hydroxylation is 2. The Balaban J connectivity index is 1.66. The third-order valence-electron chi connectivity index (χ3n) is 3.39. The van der Waals surface area contributed by atoms with Gasteiger partial charge >= 0.3 is 0 Å². The predicted octanol–water partition coefficient (Wildman–Crippen LogP) is 3.22. The van der Waals surface area contributed by atoms with Crippen LogP contribution < -0.4 is 5.43 Å². The molecule has 0 bridgehead atoms. The van der Waals surface area contributed by atoms with Crippen LogP contribution in [0.5, 0.6) is 0 Å². The SMILES string of the molecule is Cc1ccc(C=NNc2nncn2N=Cc2ccc(C)cc2)cc1. The molecule has 0 atom stereocenters. The zero-order valence-electron chi connectivity index (χ0n) is 13.6. The Bertz CT molecular complexity index is 844. The number of nitrogens with one attached hydrogen (secondary N) is 1. The molecular formula is C18H18N6. The summed E-state index contributed by atoms with van der Waals surface area (Å²) in [5.41, 5.74) is 7.28. The maximum atomic E-state index is 4.33. The Hall–Kier alpha value is -3.28. The number of benzene rings is 2. The van der Waals surface area contributed by atoms with Gasteiger partial charge in [0.1, 0.15) is 6.33 Å². The van der Waals surface area contributed by atoms with Crippen LogP contribution in [-0.4, -0.2) is 27.3 Å². The molecule has 1 heterocycles. The van der Waals surface area contributed by atoms with Crippen molar-refractivity contribution in [3.05, 3.63) is 77.1 Å². The van der Waals surface area contributed by atoms with Crippen LogP contribution in [0.1, 0.15) is 22.3 Å². The van der Waals surface area contributed by atoms with Crippen molar-refractivity contribution in [1.82, 2.24) is 14.9 Å². The summed E-state index contributed by atoms with van der Waals surface area (Å²) >= 11 is 0. The lowest BCUT2D eigenvalue weighted by Gasteiger charge is -1.99. The quantitative estimate of drug-likeness (QED) is 0.580. The fourth-order valence-corrected chi connectivity index (χ4v) is 1.99. The molecule has 0 radical (unpaired) electrons. The third-order valence-corrected chi connectivity index (χ3v) is 3.39. The van der Waals surface area contributed by atoms with Gasteiger partial charge < -0.3 is 0 Å². The van der Waals surface area contributed by atoms with Crippen LogP contribution in [0.15, 0.2) is 65.1 Å². The van der Waals surface area contributed by atoms with Crippen molar-refractivity contribution in [2.24, 2.45) is 10.2 Å². The summed E-state index contributed by atoms with van der Waals surface area (Å²) in [5.74, 6) is 0.446. The molecule has 1 N–H and O–H groups in total. The summed E-state index contributed by atoms with van der Waals surface area (Å²) in [6.07, 6.45) is 4.99. The monoisotopic (exact) mass is 318 g/mol. The molecule has 3 aromatic rings. The van der Waals surface area contributed by atoms with E-state index < -0.39 is 0 Å². The van der Waals surface area contributed by atoms with E-state index >= 15 is 0 Å². The van der Waals surface area contributed by atoms with E-state index in [-0.39, 0.29) is 0 Å². The molecule has 120 valence electrons. The molecular weight excluding hydrogens is 300 g/mol. The highest BCUT2D eigenvalue weighted by molar-refractivity contribution is 5.80. The molecule has 24 heavy (non-hydrogen) atoms. The molecule has 6 nitrogen and oxygen atoms in total. The lowest BCUT2D eigenvalue weighted by molar-refractivity contribution is 0.879. The van der Waals surface area contributed by atoms with Gasteiger partial charge in [-0.15, -0.1) is 10.2 Å². The van der Waals surface area contributed by atoms with E-state index in [1.54, 1.807) is 12.4 Å². The molecule has 0 spiro atoms. The van der Waals surface area contributed by atoms with Gasteiger partial charge in [0, 0.05) is 0 Å². The fourth-order valence-electron chi connectivity index (χ4n) is 1.99. The van der Waals surface area contributed by atoms with E-state index in [9.17, 15) is 0 Å². The van der Waals surface area contributed by atoms with Gasteiger partial charge in [-0.2, -0.15) is 14.9 Å². The smallest absolute Gasteiger partial charge is 0.244 e. The van der Waals surface area contributed by atoms with Crippen LogP contribution in [0.3, 0.4) is 0 Å². The number of hydrazone groups is 1. The first-order valence-corrected chi connectivity index (χ1v) is 7.57. The standard InChI is InChI=1S/C18H18N6/c1-14-3-7-16(8-4-14)11-19-22-18-23-20-13-24(18)21-12-17-9-5-15(2)6-10-17/h3-13H,1-2H3,(H,22,23). The number of nitrogens with zero attached hydrogens (tertiary/aromatic N) is 5. The minimum absolute atomic E-state index is 0.446. The highest BCUT2D eigenvalue weighted by Crippen LogP contribution is 2.05. The van der Waals surface area contributed by atoms with E-state index in [2.05, 4.69) is 32.7 Å². The normalized spacial score (nSPS) is 11.4. The molecule has 0 saturated carbocycles. The molecule has 2 aromatic carbocycles. The molecule has 1 aromatic heterocycles. The molecule has 0 saturated heterocycles. The maximum Gasteiger partial charge on any atom is 0.265 e. The van der Waals surface area contributed by atoms with Crippen molar-refractivity contribution < 1.29 is 0 Å². The van der Waals surface area contributed by atoms with Crippen molar-refractivity contribution in [3.63, 3.8) is 0 Å². The lowest BCUT2D eigenvalue weighted by Crippen LogP contribution is -1.99. The Kier molecular flexibility index (Phi) is 4.76. The van der Waals surface area contributed by atoms with Crippen molar-refractivity contribution >= 4 is 18.4 Å². The summed E-state index contributed by atoms with van der Waals surface area (Å²) in [6, 6.07) is 16.2. The number of anilines is 1. The number of hydrogen-bond acceptors (Lipinski definition) is 5. The van der Waals surface area contributed by atoms with Gasteiger partial charge in [-0.25, -0.2) is 5.43 Å². The molecule has 0 unspecified atom stereocenters. The number of rotatable bonds is 5. The van der Waals surface area contributed by atoms with E-state index in [1.165, 1.54) is 22.1 Å².